The van der Waals surface area contributed by atoms with Gasteiger partial charge in [0.25, 0.3) is 5.91 Å². The summed E-state index contributed by atoms with van der Waals surface area (Å²) in [4.78, 5) is 15.2. The highest BCUT2D eigenvalue weighted by atomic mass is 32.2. The third kappa shape index (κ3) is 3.48. The maximum atomic E-state index is 13.0. The number of nitrogens with zero attached hydrogens (tertiary/aromatic N) is 1. The van der Waals surface area contributed by atoms with Crippen LogP contribution in [0.2, 0.25) is 0 Å². The van der Waals surface area contributed by atoms with Crippen LogP contribution in [0.15, 0.2) is 47.4 Å². The average molecular weight is 386 g/mol. The average Bonchev–Trinajstić information content (AvgIpc) is 2.95. The van der Waals surface area contributed by atoms with E-state index in [1.54, 1.807) is 25.2 Å². The molecule has 0 spiro atoms. The van der Waals surface area contributed by atoms with Crippen molar-refractivity contribution in [3.05, 3.63) is 58.5 Å². The lowest BCUT2D eigenvalue weighted by Crippen LogP contribution is -2.28. The van der Waals surface area contributed by atoms with E-state index in [4.69, 9.17) is 21.7 Å². The number of benzene rings is 2. The molecule has 0 N–H and O–H groups in total. The van der Waals surface area contributed by atoms with Gasteiger partial charge in [-0.3, -0.25) is 9.69 Å². The van der Waals surface area contributed by atoms with Crippen LogP contribution in [-0.4, -0.2) is 24.4 Å². The zero-order valence-electron chi connectivity index (χ0n) is 14.8. The Balaban J connectivity index is 1.98. The minimum atomic E-state index is -0.112. The number of anilines is 1. The second kappa shape index (κ2) is 7.93. The quantitative estimate of drug-likeness (QED) is 0.552. The van der Waals surface area contributed by atoms with Crippen molar-refractivity contribution in [2.45, 2.75) is 13.3 Å². The number of amides is 1. The normalized spacial score (nSPS) is 15.7. The van der Waals surface area contributed by atoms with Gasteiger partial charge in [0.2, 0.25) is 0 Å². The van der Waals surface area contributed by atoms with Crippen LogP contribution in [0.4, 0.5) is 5.69 Å². The summed E-state index contributed by atoms with van der Waals surface area (Å²) in [6.07, 6.45) is 2.64. The highest BCUT2D eigenvalue weighted by Gasteiger charge is 2.34. The molecule has 0 aromatic heterocycles. The Labute approximate surface area is 162 Å². The minimum absolute atomic E-state index is 0.112. The van der Waals surface area contributed by atoms with E-state index < -0.39 is 0 Å². The lowest BCUT2D eigenvalue weighted by molar-refractivity contribution is -0.113. The first kappa shape index (κ1) is 18.5. The first-order valence-corrected chi connectivity index (χ1v) is 9.39. The van der Waals surface area contributed by atoms with Crippen molar-refractivity contribution in [1.29, 1.82) is 0 Å². The topological polar surface area (TPSA) is 38.8 Å². The standard InChI is InChI=1S/C20H19NO3S2/c1-4-13-7-5-6-8-16(13)21-19(22)18(26-20(21)25)11-14-9-10-15(23-2)12-17(14)24-3/h5-12H,4H2,1-3H3/b18-11-. The van der Waals surface area contributed by atoms with Gasteiger partial charge in [-0.25, -0.2) is 0 Å². The van der Waals surface area contributed by atoms with Crippen molar-refractivity contribution < 1.29 is 14.3 Å². The van der Waals surface area contributed by atoms with Crippen LogP contribution in [0.25, 0.3) is 6.08 Å². The first-order chi connectivity index (χ1) is 12.6. The Morgan fingerprint density at radius 1 is 1.15 bits per heavy atom. The molecule has 1 fully saturated rings. The lowest BCUT2D eigenvalue weighted by atomic mass is 10.1. The van der Waals surface area contributed by atoms with Crippen molar-refractivity contribution in [3.8, 4) is 11.5 Å². The van der Waals surface area contributed by atoms with Crippen LogP contribution < -0.4 is 14.4 Å². The molecule has 0 saturated carbocycles. The summed E-state index contributed by atoms with van der Waals surface area (Å²) in [5.74, 6) is 1.23. The SMILES string of the molecule is CCc1ccccc1N1C(=O)/C(=C/c2ccc(OC)cc2OC)SC1=S. The van der Waals surface area contributed by atoms with Gasteiger partial charge in [0, 0.05) is 11.6 Å². The smallest absolute Gasteiger partial charge is 0.270 e. The molecule has 3 rings (SSSR count). The van der Waals surface area contributed by atoms with Crippen molar-refractivity contribution in [3.63, 3.8) is 0 Å². The van der Waals surface area contributed by atoms with Gasteiger partial charge in [-0.2, -0.15) is 0 Å². The molecule has 1 saturated heterocycles. The Bertz CT molecular complexity index is 892. The fourth-order valence-corrected chi connectivity index (χ4v) is 4.06. The maximum absolute atomic E-state index is 13.0. The van der Waals surface area contributed by atoms with E-state index in [9.17, 15) is 4.79 Å². The number of carbonyl (C=O) groups is 1. The second-order valence-electron chi connectivity index (χ2n) is 5.61. The molecule has 0 bridgehead atoms. The van der Waals surface area contributed by atoms with Gasteiger partial charge in [0.05, 0.1) is 24.8 Å². The molecule has 0 unspecified atom stereocenters. The van der Waals surface area contributed by atoms with Crippen LogP contribution >= 0.6 is 24.0 Å². The number of thiocarbonyl (C=S) groups is 1. The molecule has 1 aliphatic rings. The summed E-state index contributed by atoms with van der Waals surface area (Å²) in [6.45, 7) is 2.06. The maximum Gasteiger partial charge on any atom is 0.270 e. The van der Waals surface area contributed by atoms with E-state index in [1.165, 1.54) is 11.8 Å². The van der Waals surface area contributed by atoms with Crippen LogP contribution in [0, 0.1) is 0 Å². The van der Waals surface area contributed by atoms with Crippen LogP contribution in [0.1, 0.15) is 18.1 Å². The number of aryl methyl sites for hydroxylation is 1. The van der Waals surface area contributed by atoms with Crippen LogP contribution in [0.3, 0.4) is 0 Å². The predicted octanol–water partition coefficient (Wildman–Crippen LogP) is 4.67. The van der Waals surface area contributed by atoms with E-state index in [-0.39, 0.29) is 5.91 Å². The summed E-state index contributed by atoms with van der Waals surface area (Å²) < 4.78 is 11.2. The fourth-order valence-electron chi connectivity index (χ4n) is 2.78. The molecule has 4 nitrogen and oxygen atoms in total. The largest absolute Gasteiger partial charge is 0.497 e. The fraction of sp³-hybridized carbons (Fsp3) is 0.200. The van der Waals surface area contributed by atoms with Gasteiger partial charge in [-0.05, 0) is 36.3 Å². The highest BCUT2D eigenvalue weighted by molar-refractivity contribution is 8.27. The molecule has 2 aromatic carbocycles. The molecule has 1 amide bonds. The number of methoxy groups -OCH3 is 2. The van der Waals surface area contributed by atoms with Crippen molar-refractivity contribution >= 4 is 46.0 Å². The molecule has 0 radical (unpaired) electrons. The zero-order chi connectivity index (χ0) is 18.7. The highest BCUT2D eigenvalue weighted by Crippen LogP contribution is 2.38. The molecule has 134 valence electrons. The number of thioether (sulfide) groups is 1. The van der Waals surface area contributed by atoms with E-state index in [0.717, 1.165) is 23.2 Å². The summed E-state index contributed by atoms with van der Waals surface area (Å²) in [7, 11) is 3.19. The third-order valence-electron chi connectivity index (χ3n) is 4.13. The summed E-state index contributed by atoms with van der Waals surface area (Å²) in [5.41, 5.74) is 2.74. The van der Waals surface area contributed by atoms with E-state index in [2.05, 4.69) is 6.92 Å². The van der Waals surface area contributed by atoms with E-state index in [0.29, 0.717) is 20.7 Å². The Morgan fingerprint density at radius 2 is 1.92 bits per heavy atom. The lowest BCUT2D eigenvalue weighted by Gasteiger charge is -2.18. The van der Waals surface area contributed by atoms with Gasteiger partial charge in [-0.1, -0.05) is 49.1 Å². The molecule has 6 heteroatoms. The Kier molecular flexibility index (Phi) is 5.64. The first-order valence-electron chi connectivity index (χ1n) is 8.17. The number of hydrogen-bond acceptors (Lipinski definition) is 5. The number of carbonyl (C=O) groups excluding carboxylic acids is 1. The molecular formula is C20H19NO3S2. The Morgan fingerprint density at radius 3 is 2.62 bits per heavy atom. The van der Waals surface area contributed by atoms with Crippen LogP contribution in [0.5, 0.6) is 11.5 Å². The van der Waals surface area contributed by atoms with Gasteiger partial charge in [0.1, 0.15) is 11.5 Å². The third-order valence-corrected chi connectivity index (χ3v) is 5.44. The molecule has 26 heavy (non-hydrogen) atoms. The minimum Gasteiger partial charge on any atom is -0.497 e. The van der Waals surface area contributed by atoms with E-state index >= 15 is 0 Å². The molecule has 0 atom stereocenters. The zero-order valence-corrected chi connectivity index (χ0v) is 16.4. The summed E-state index contributed by atoms with van der Waals surface area (Å²) in [5, 5.41) is 0. The predicted molar refractivity (Wildman–Crippen MR) is 111 cm³/mol. The number of para-hydroxylation sites is 1. The molecule has 0 aliphatic carbocycles. The van der Waals surface area contributed by atoms with Crippen molar-refractivity contribution in [2.75, 3.05) is 19.1 Å². The van der Waals surface area contributed by atoms with Crippen molar-refractivity contribution in [1.82, 2.24) is 0 Å². The molecule has 2 aromatic rings. The van der Waals surface area contributed by atoms with E-state index in [1.807, 2.05) is 42.5 Å². The van der Waals surface area contributed by atoms with Gasteiger partial charge in [0.15, 0.2) is 4.32 Å². The molecule has 1 heterocycles. The second-order valence-corrected chi connectivity index (χ2v) is 7.28. The van der Waals surface area contributed by atoms with Gasteiger partial charge in [-0.15, -0.1) is 0 Å². The summed E-state index contributed by atoms with van der Waals surface area (Å²) in [6, 6.07) is 13.3. The van der Waals surface area contributed by atoms with Crippen LogP contribution in [-0.2, 0) is 11.2 Å². The van der Waals surface area contributed by atoms with Gasteiger partial charge < -0.3 is 9.47 Å². The monoisotopic (exact) mass is 385 g/mol. The molecule has 1 aliphatic heterocycles. The van der Waals surface area contributed by atoms with Crippen molar-refractivity contribution in [2.24, 2.45) is 0 Å². The molecular weight excluding hydrogens is 366 g/mol. The number of rotatable bonds is 5. The Hall–Kier alpha value is -2.31. The number of ether oxygens (including phenoxy) is 2. The number of hydrogen-bond donors (Lipinski definition) is 0. The summed E-state index contributed by atoms with van der Waals surface area (Å²) >= 11 is 6.78. The van der Waals surface area contributed by atoms with Gasteiger partial charge >= 0.3 is 0 Å².